The van der Waals surface area contributed by atoms with Gasteiger partial charge in [-0.05, 0) is 109 Å². The molecular formula is C39H50N6O4. The number of benzene rings is 2. The summed E-state index contributed by atoms with van der Waals surface area (Å²) in [6.07, 6.45) is 10.1. The molecule has 260 valence electrons. The number of carbonyl (C=O) groups excluding carboxylic acids is 2. The van der Waals surface area contributed by atoms with Gasteiger partial charge in [0.1, 0.15) is 22.9 Å². The fourth-order valence-corrected chi connectivity index (χ4v) is 6.81. The highest BCUT2D eigenvalue weighted by Crippen LogP contribution is 2.34. The van der Waals surface area contributed by atoms with E-state index in [0.717, 1.165) is 71.6 Å². The SMILES string of the molecule is CC1C(c2nc3ccc(/C=C/Cc4ccc(-c5cnc(C6CCCN6C(=O)OC(C)(C)C)[nH]5)cc4)cc3[nH]2)CCCN1C(=O)OC(C)(C)C. The van der Waals surface area contributed by atoms with Gasteiger partial charge in [0.15, 0.2) is 0 Å². The number of hydrogen-bond acceptors (Lipinski definition) is 6. The maximum atomic E-state index is 12.9. The summed E-state index contributed by atoms with van der Waals surface area (Å²) >= 11 is 0. The number of amides is 2. The third kappa shape index (κ3) is 8.17. The van der Waals surface area contributed by atoms with Crippen molar-refractivity contribution in [3.8, 4) is 11.3 Å². The quantitative estimate of drug-likeness (QED) is 0.213. The molecule has 3 unspecified atom stereocenters. The van der Waals surface area contributed by atoms with Gasteiger partial charge in [-0.15, -0.1) is 0 Å². The van der Waals surface area contributed by atoms with Crippen LogP contribution in [0.3, 0.4) is 0 Å². The van der Waals surface area contributed by atoms with Crippen LogP contribution in [0.15, 0.2) is 54.7 Å². The van der Waals surface area contributed by atoms with Crippen molar-refractivity contribution >= 4 is 29.3 Å². The van der Waals surface area contributed by atoms with E-state index in [1.165, 1.54) is 5.56 Å². The van der Waals surface area contributed by atoms with Gasteiger partial charge in [-0.1, -0.05) is 42.5 Å². The molecule has 10 heteroatoms. The first-order chi connectivity index (χ1) is 23.2. The van der Waals surface area contributed by atoms with Crippen LogP contribution < -0.4 is 0 Å². The number of rotatable bonds is 6. The molecule has 0 radical (unpaired) electrons. The van der Waals surface area contributed by atoms with Gasteiger partial charge >= 0.3 is 12.2 Å². The van der Waals surface area contributed by atoms with Crippen LogP contribution in [0, 0.1) is 0 Å². The van der Waals surface area contributed by atoms with Gasteiger partial charge in [0, 0.05) is 25.0 Å². The van der Waals surface area contributed by atoms with Crippen LogP contribution in [0.2, 0.25) is 0 Å². The van der Waals surface area contributed by atoms with Crippen LogP contribution in [-0.2, 0) is 15.9 Å². The number of fused-ring (bicyclic) bond motifs is 1. The third-order valence-electron chi connectivity index (χ3n) is 9.21. The first kappa shape index (κ1) is 34.3. The highest BCUT2D eigenvalue weighted by Gasteiger charge is 2.36. The number of ether oxygens (including phenoxy) is 2. The number of nitrogens with zero attached hydrogens (tertiary/aromatic N) is 4. The average Bonchev–Trinajstić information content (AvgIpc) is 3.79. The number of aromatic nitrogens is 4. The van der Waals surface area contributed by atoms with Crippen molar-refractivity contribution in [2.45, 2.75) is 110 Å². The Kier molecular flexibility index (Phi) is 9.60. The van der Waals surface area contributed by atoms with Crippen molar-refractivity contribution in [3.63, 3.8) is 0 Å². The lowest BCUT2D eigenvalue weighted by Crippen LogP contribution is -2.48. The number of aromatic amines is 2. The van der Waals surface area contributed by atoms with E-state index in [2.05, 4.69) is 76.5 Å². The molecule has 2 aromatic carbocycles. The molecule has 4 aromatic rings. The number of likely N-dealkylation sites (tertiary alicyclic amines) is 2. The topological polar surface area (TPSA) is 116 Å². The number of imidazole rings is 2. The second-order valence-corrected chi connectivity index (χ2v) is 15.4. The van der Waals surface area contributed by atoms with Crippen LogP contribution >= 0.6 is 0 Å². The van der Waals surface area contributed by atoms with Gasteiger partial charge < -0.3 is 24.3 Å². The van der Waals surface area contributed by atoms with Gasteiger partial charge in [-0.3, -0.25) is 4.90 Å². The molecule has 49 heavy (non-hydrogen) atoms. The van der Waals surface area contributed by atoms with Crippen molar-refractivity contribution in [2.75, 3.05) is 13.1 Å². The third-order valence-corrected chi connectivity index (χ3v) is 9.21. The van der Waals surface area contributed by atoms with Gasteiger partial charge in [0.05, 0.1) is 29.0 Å². The summed E-state index contributed by atoms with van der Waals surface area (Å²) in [4.78, 5) is 45.8. The molecule has 0 spiro atoms. The summed E-state index contributed by atoms with van der Waals surface area (Å²) in [6.45, 7) is 14.8. The number of carbonyl (C=O) groups is 2. The maximum Gasteiger partial charge on any atom is 0.410 e. The van der Waals surface area contributed by atoms with Crippen molar-refractivity contribution in [2.24, 2.45) is 0 Å². The lowest BCUT2D eigenvalue weighted by molar-refractivity contribution is 0.00848. The van der Waals surface area contributed by atoms with Crippen LogP contribution in [0.25, 0.3) is 28.4 Å². The minimum atomic E-state index is -0.532. The lowest BCUT2D eigenvalue weighted by atomic mass is 9.90. The van der Waals surface area contributed by atoms with E-state index in [1.807, 2.05) is 52.6 Å². The molecule has 0 saturated carbocycles. The van der Waals surface area contributed by atoms with E-state index in [-0.39, 0.29) is 30.2 Å². The monoisotopic (exact) mass is 666 g/mol. The molecule has 2 aliphatic heterocycles. The number of H-pyrrole nitrogens is 2. The van der Waals surface area contributed by atoms with Crippen LogP contribution in [0.4, 0.5) is 9.59 Å². The summed E-state index contributed by atoms with van der Waals surface area (Å²) in [5.41, 5.74) is 5.16. The summed E-state index contributed by atoms with van der Waals surface area (Å²) in [7, 11) is 0. The Labute approximate surface area is 289 Å². The molecule has 2 saturated heterocycles. The summed E-state index contributed by atoms with van der Waals surface area (Å²) in [5.74, 6) is 1.84. The Morgan fingerprint density at radius 3 is 2.27 bits per heavy atom. The first-order valence-corrected chi connectivity index (χ1v) is 17.5. The van der Waals surface area contributed by atoms with Gasteiger partial charge in [0.25, 0.3) is 0 Å². The molecule has 6 rings (SSSR count). The number of hydrogen-bond donors (Lipinski definition) is 2. The molecule has 2 aliphatic rings. The van der Waals surface area contributed by atoms with Crippen molar-refractivity contribution in [3.05, 3.63) is 77.5 Å². The summed E-state index contributed by atoms with van der Waals surface area (Å²) in [6, 6.07) is 14.7. The average molecular weight is 667 g/mol. The van der Waals surface area contributed by atoms with E-state index < -0.39 is 11.2 Å². The van der Waals surface area contributed by atoms with E-state index in [9.17, 15) is 9.59 Å². The van der Waals surface area contributed by atoms with Crippen LogP contribution in [0.5, 0.6) is 0 Å². The van der Waals surface area contributed by atoms with E-state index >= 15 is 0 Å². The fourth-order valence-electron chi connectivity index (χ4n) is 6.81. The second kappa shape index (κ2) is 13.7. The molecule has 0 aliphatic carbocycles. The summed E-state index contributed by atoms with van der Waals surface area (Å²) < 4.78 is 11.3. The number of nitrogens with one attached hydrogen (secondary N) is 2. The molecule has 2 N–H and O–H groups in total. The zero-order valence-electron chi connectivity index (χ0n) is 29.9. The zero-order chi connectivity index (χ0) is 34.9. The van der Waals surface area contributed by atoms with E-state index in [1.54, 1.807) is 4.90 Å². The Hall–Kier alpha value is -4.60. The smallest absolute Gasteiger partial charge is 0.410 e. The molecular weight excluding hydrogens is 616 g/mol. The van der Waals surface area contributed by atoms with Gasteiger partial charge in [-0.2, -0.15) is 0 Å². The van der Waals surface area contributed by atoms with Crippen LogP contribution in [-0.4, -0.2) is 72.3 Å². The van der Waals surface area contributed by atoms with E-state index in [0.29, 0.717) is 13.1 Å². The molecule has 2 aromatic heterocycles. The molecule has 3 atom stereocenters. The largest absolute Gasteiger partial charge is 0.444 e. The van der Waals surface area contributed by atoms with Crippen molar-refractivity contribution < 1.29 is 19.1 Å². The number of allylic oxidation sites excluding steroid dienone is 1. The molecule has 0 bridgehead atoms. The lowest BCUT2D eigenvalue weighted by Gasteiger charge is -2.39. The molecule has 2 fully saturated rings. The second-order valence-electron chi connectivity index (χ2n) is 15.4. The van der Waals surface area contributed by atoms with Gasteiger partial charge in [-0.25, -0.2) is 19.6 Å². The Bertz CT molecular complexity index is 1810. The Morgan fingerprint density at radius 2 is 1.55 bits per heavy atom. The highest BCUT2D eigenvalue weighted by atomic mass is 16.6. The van der Waals surface area contributed by atoms with Crippen molar-refractivity contribution in [1.29, 1.82) is 0 Å². The van der Waals surface area contributed by atoms with Crippen molar-refractivity contribution in [1.82, 2.24) is 29.7 Å². The maximum absolute atomic E-state index is 12.9. The normalized spacial score (nSPS) is 20.3. The highest BCUT2D eigenvalue weighted by molar-refractivity contribution is 5.78. The molecule has 10 nitrogen and oxygen atoms in total. The Morgan fingerprint density at radius 1 is 0.878 bits per heavy atom. The minimum absolute atomic E-state index is 0.00736. The summed E-state index contributed by atoms with van der Waals surface area (Å²) in [5, 5.41) is 0. The predicted molar refractivity (Wildman–Crippen MR) is 192 cm³/mol. The standard InChI is InChI=1S/C39H50N6O4/c1-25-29(13-9-21-44(25)36(46)48-38(2,3)4)34-41-30-20-17-27(23-31(30)42-34)12-8-11-26-15-18-28(19-16-26)32-24-40-35(43-32)33-14-10-22-45(33)37(47)49-39(5,6)7/h8,12,15-20,23-25,29,33H,9-11,13-14,21-22H2,1-7H3,(H,40,43)(H,41,42)/b12-8+. The zero-order valence-corrected chi connectivity index (χ0v) is 29.9. The molecule has 2 amide bonds. The predicted octanol–water partition coefficient (Wildman–Crippen LogP) is 8.78. The molecule has 4 heterocycles. The van der Waals surface area contributed by atoms with Gasteiger partial charge in [0.2, 0.25) is 0 Å². The van der Waals surface area contributed by atoms with Crippen LogP contribution in [0.1, 0.15) is 109 Å². The Balaban J connectivity index is 1.07. The number of piperidine rings is 1. The minimum Gasteiger partial charge on any atom is -0.444 e. The first-order valence-electron chi connectivity index (χ1n) is 17.5. The fraction of sp³-hybridized carbons (Fsp3) is 0.487. The van der Waals surface area contributed by atoms with E-state index in [4.69, 9.17) is 14.5 Å².